The molecule has 1 atom stereocenters. The highest BCUT2D eigenvalue weighted by Crippen LogP contribution is 2.29. The van der Waals surface area contributed by atoms with E-state index >= 15 is 0 Å². The summed E-state index contributed by atoms with van der Waals surface area (Å²) in [5.74, 6) is -1.44. The zero-order valence-electron chi connectivity index (χ0n) is 13.7. The largest absolute Gasteiger partial charge is 0.480 e. The standard InChI is InChI=1S/C15H19F3N2O4/c1-5-10(12(21)20-14(2,3)13(22)23-4)24-9-6-7-19-11(8-9)15(16,17)18/h6-8,10H,5H2,1-4H3,(H,20,21). The van der Waals surface area contributed by atoms with Crippen molar-refractivity contribution in [3.8, 4) is 5.75 Å². The minimum absolute atomic E-state index is 0.143. The molecule has 1 unspecified atom stereocenters. The number of rotatable bonds is 6. The fourth-order valence-corrected chi connectivity index (χ4v) is 1.82. The van der Waals surface area contributed by atoms with Crippen molar-refractivity contribution in [1.29, 1.82) is 0 Å². The number of hydrogen-bond donors (Lipinski definition) is 1. The van der Waals surface area contributed by atoms with Crippen molar-refractivity contribution in [1.82, 2.24) is 10.3 Å². The van der Waals surface area contributed by atoms with Gasteiger partial charge in [-0.2, -0.15) is 13.2 Å². The summed E-state index contributed by atoms with van der Waals surface area (Å²) in [7, 11) is 1.18. The topological polar surface area (TPSA) is 77.5 Å². The molecule has 0 spiro atoms. The zero-order chi connectivity index (χ0) is 18.5. The van der Waals surface area contributed by atoms with E-state index in [1.807, 2.05) is 0 Å². The van der Waals surface area contributed by atoms with Gasteiger partial charge < -0.3 is 14.8 Å². The predicted molar refractivity (Wildman–Crippen MR) is 78.2 cm³/mol. The van der Waals surface area contributed by atoms with Crippen LogP contribution < -0.4 is 10.1 Å². The van der Waals surface area contributed by atoms with Crippen molar-refractivity contribution >= 4 is 11.9 Å². The summed E-state index contributed by atoms with van der Waals surface area (Å²) in [4.78, 5) is 27.0. The number of carbonyl (C=O) groups is 2. The number of esters is 1. The smallest absolute Gasteiger partial charge is 0.433 e. The molecule has 0 aliphatic rings. The van der Waals surface area contributed by atoms with Crippen LogP contribution in [0.4, 0.5) is 13.2 Å². The summed E-state index contributed by atoms with van der Waals surface area (Å²) in [6.07, 6.45) is -4.55. The Morgan fingerprint density at radius 3 is 2.46 bits per heavy atom. The van der Waals surface area contributed by atoms with E-state index in [2.05, 4.69) is 15.0 Å². The summed E-state index contributed by atoms with van der Waals surface area (Å²) in [6.45, 7) is 4.51. The monoisotopic (exact) mass is 348 g/mol. The third kappa shape index (κ3) is 5.10. The van der Waals surface area contributed by atoms with Crippen molar-refractivity contribution in [3.63, 3.8) is 0 Å². The molecule has 1 aromatic heterocycles. The van der Waals surface area contributed by atoms with E-state index in [-0.39, 0.29) is 12.2 Å². The molecule has 1 heterocycles. The Labute approximate surface area is 137 Å². The van der Waals surface area contributed by atoms with E-state index in [0.717, 1.165) is 6.20 Å². The Balaban J connectivity index is 2.88. The van der Waals surface area contributed by atoms with Gasteiger partial charge in [0.15, 0.2) is 6.10 Å². The predicted octanol–water partition coefficient (Wildman–Crippen LogP) is 2.33. The molecule has 1 rings (SSSR count). The molecule has 0 saturated heterocycles. The van der Waals surface area contributed by atoms with Crippen LogP contribution in [0.2, 0.25) is 0 Å². The van der Waals surface area contributed by atoms with Crippen LogP contribution in [0.1, 0.15) is 32.9 Å². The molecule has 9 heteroatoms. The van der Waals surface area contributed by atoms with Gasteiger partial charge in [0.05, 0.1) is 7.11 Å². The van der Waals surface area contributed by atoms with Gasteiger partial charge in [-0.3, -0.25) is 9.78 Å². The second-order valence-corrected chi connectivity index (χ2v) is 5.50. The molecule has 0 saturated carbocycles. The minimum atomic E-state index is -4.61. The van der Waals surface area contributed by atoms with Crippen LogP contribution in [0.25, 0.3) is 0 Å². The van der Waals surface area contributed by atoms with Crippen molar-refractivity contribution in [2.45, 2.75) is 45.0 Å². The highest BCUT2D eigenvalue weighted by molar-refractivity contribution is 5.89. The van der Waals surface area contributed by atoms with Gasteiger partial charge in [0, 0.05) is 12.3 Å². The third-order valence-corrected chi connectivity index (χ3v) is 3.09. The van der Waals surface area contributed by atoms with Crippen LogP contribution in [-0.2, 0) is 20.5 Å². The molecule has 24 heavy (non-hydrogen) atoms. The van der Waals surface area contributed by atoms with E-state index < -0.39 is 35.4 Å². The first-order valence-corrected chi connectivity index (χ1v) is 7.11. The van der Waals surface area contributed by atoms with Gasteiger partial charge in [-0.25, -0.2) is 4.79 Å². The fourth-order valence-electron chi connectivity index (χ4n) is 1.82. The van der Waals surface area contributed by atoms with Gasteiger partial charge in [0.2, 0.25) is 0 Å². The molecule has 0 radical (unpaired) electrons. The number of amides is 1. The molecule has 0 aromatic carbocycles. The molecule has 6 nitrogen and oxygen atoms in total. The van der Waals surface area contributed by atoms with E-state index in [1.54, 1.807) is 6.92 Å². The quantitative estimate of drug-likeness (QED) is 0.799. The summed E-state index contributed by atoms with van der Waals surface area (Å²) in [6, 6.07) is 1.93. The number of pyridine rings is 1. The summed E-state index contributed by atoms with van der Waals surface area (Å²) >= 11 is 0. The zero-order valence-corrected chi connectivity index (χ0v) is 13.7. The van der Waals surface area contributed by atoms with E-state index in [0.29, 0.717) is 6.07 Å². The summed E-state index contributed by atoms with van der Waals surface area (Å²) in [5, 5.41) is 2.45. The Kier molecular flexibility index (Phi) is 6.16. The second kappa shape index (κ2) is 7.50. The number of nitrogens with one attached hydrogen (secondary N) is 1. The van der Waals surface area contributed by atoms with Crippen LogP contribution in [0.15, 0.2) is 18.3 Å². The molecular formula is C15H19F3N2O4. The number of hydrogen-bond acceptors (Lipinski definition) is 5. The van der Waals surface area contributed by atoms with Crippen LogP contribution in [0.5, 0.6) is 5.75 Å². The van der Waals surface area contributed by atoms with E-state index in [1.165, 1.54) is 27.0 Å². The first-order chi connectivity index (χ1) is 11.0. The molecule has 0 aliphatic heterocycles. The van der Waals surface area contributed by atoms with Crippen LogP contribution in [0, 0.1) is 0 Å². The molecule has 0 aliphatic carbocycles. The lowest BCUT2D eigenvalue weighted by Gasteiger charge is -2.26. The third-order valence-electron chi connectivity index (χ3n) is 3.09. The maximum absolute atomic E-state index is 12.6. The Bertz CT molecular complexity index is 603. The lowest BCUT2D eigenvalue weighted by atomic mass is 10.1. The average molecular weight is 348 g/mol. The van der Waals surface area contributed by atoms with Crippen LogP contribution >= 0.6 is 0 Å². The average Bonchev–Trinajstić information content (AvgIpc) is 2.50. The van der Waals surface area contributed by atoms with Crippen LogP contribution in [-0.4, -0.2) is 35.6 Å². The van der Waals surface area contributed by atoms with Crippen molar-refractivity contribution in [3.05, 3.63) is 24.0 Å². The maximum Gasteiger partial charge on any atom is 0.433 e. The van der Waals surface area contributed by atoms with Gasteiger partial charge in [0.1, 0.15) is 17.0 Å². The highest BCUT2D eigenvalue weighted by atomic mass is 19.4. The van der Waals surface area contributed by atoms with Gasteiger partial charge in [-0.05, 0) is 26.3 Å². The van der Waals surface area contributed by atoms with E-state index in [9.17, 15) is 22.8 Å². The molecule has 134 valence electrons. The first kappa shape index (κ1) is 19.7. The van der Waals surface area contributed by atoms with Crippen molar-refractivity contribution in [2.24, 2.45) is 0 Å². The molecule has 1 amide bonds. The fraction of sp³-hybridized carbons (Fsp3) is 0.533. The first-order valence-electron chi connectivity index (χ1n) is 7.11. The number of ether oxygens (including phenoxy) is 2. The van der Waals surface area contributed by atoms with Crippen molar-refractivity contribution in [2.75, 3.05) is 7.11 Å². The highest BCUT2D eigenvalue weighted by Gasteiger charge is 2.35. The Hall–Kier alpha value is -2.32. The number of carbonyl (C=O) groups excluding carboxylic acids is 2. The Morgan fingerprint density at radius 2 is 1.96 bits per heavy atom. The number of halogens is 3. The number of nitrogens with zero attached hydrogens (tertiary/aromatic N) is 1. The van der Waals surface area contributed by atoms with Gasteiger partial charge in [-0.1, -0.05) is 6.92 Å². The minimum Gasteiger partial charge on any atom is -0.480 e. The maximum atomic E-state index is 12.6. The molecule has 1 N–H and O–H groups in total. The normalized spacial score (nSPS) is 13.1. The molecule has 0 fully saturated rings. The summed E-state index contributed by atoms with van der Waals surface area (Å²) < 4.78 is 47.8. The van der Waals surface area contributed by atoms with Gasteiger partial charge >= 0.3 is 12.1 Å². The number of aromatic nitrogens is 1. The number of alkyl halides is 3. The molecular weight excluding hydrogens is 329 g/mol. The lowest BCUT2D eigenvalue weighted by Crippen LogP contribution is -2.54. The van der Waals surface area contributed by atoms with Gasteiger partial charge in [-0.15, -0.1) is 0 Å². The number of methoxy groups -OCH3 is 1. The summed E-state index contributed by atoms with van der Waals surface area (Å²) in [5.41, 5.74) is -2.41. The van der Waals surface area contributed by atoms with Gasteiger partial charge in [0.25, 0.3) is 5.91 Å². The Morgan fingerprint density at radius 1 is 1.33 bits per heavy atom. The second-order valence-electron chi connectivity index (χ2n) is 5.50. The van der Waals surface area contributed by atoms with E-state index in [4.69, 9.17) is 4.74 Å². The SMILES string of the molecule is CCC(Oc1ccnc(C(F)(F)F)c1)C(=O)NC(C)(C)C(=O)OC. The van der Waals surface area contributed by atoms with Crippen LogP contribution in [0.3, 0.4) is 0 Å². The molecule has 0 bridgehead atoms. The lowest BCUT2D eigenvalue weighted by molar-refractivity contribution is -0.150. The molecule has 1 aromatic rings. The van der Waals surface area contributed by atoms with Crippen molar-refractivity contribution < 1.29 is 32.2 Å².